The predicted molar refractivity (Wildman–Crippen MR) is 68.9 cm³/mol. The standard InChI is InChI=1S/C11H13N5O2S/c1-18-10(17)4-8-6-19-11(13-8)15-2-3-16-7-12-14-9(16)5-15/h6-7H,2-5H2,1H3. The van der Waals surface area contributed by atoms with Crippen LogP contribution in [0.4, 0.5) is 5.13 Å². The summed E-state index contributed by atoms with van der Waals surface area (Å²) in [5.41, 5.74) is 0.749. The van der Waals surface area contributed by atoms with Gasteiger partial charge in [-0.1, -0.05) is 0 Å². The number of esters is 1. The molecule has 0 radical (unpaired) electrons. The Balaban J connectivity index is 1.72. The number of thiazole rings is 1. The van der Waals surface area contributed by atoms with Crippen LogP contribution in [0.5, 0.6) is 0 Å². The number of hydrogen-bond acceptors (Lipinski definition) is 7. The summed E-state index contributed by atoms with van der Waals surface area (Å²) in [6.07, 6.45) is 1.97. The van der Waals surface area contributed by atoms with Gasteiger partial charge in [0.25, 0.3) is 0 Å². The highest BCUT2D eigenvalue weighted by Gasteiger charge is 2.20. The van der Waals surface area contributed by atoms with E-state index in [0.717, 1.165) is 29.7 Å². The molecule has 1 aliphatic rings. The molecule has 1 aliphatic heterocycles. The Hall–Kier alpha value is -1.96. The van der Waals surface area contributed by atoms with Crippen molar-refractivity contribution in [2.24, 2.45) is 0 Å². The van der Waals surface area contributed by atoms with Crippen LogP contribution in [0.15, 0.2) is 11.7 Å². The van der Waals surface area contributed by atoms with Gasteiger partial charge in [-0.15, -0.1) is 21.5 Å². The van der Waals surface area contributed by atoms with Crippen LogP contribution in [0, 0.1) is 0 Å². The molecular formula is C11H13N5O2S. The minimum absolute atomic E-state index is 0.219. The zero-order valence-corrected chi connectivity index (χ0v) is 11.3. The maximum Gasteiger partial charge on any atom is 0.311 e. The molecule has 0 fully saturated rings. The summed E-state index contributed by atoms with van der Waals surface area (Å²) in [7, 11) is 1.38. The van der Waals surface area contributed by atoms with Crippen LogP contribution in [-0.4, -0.2) is 39.4 Å². The largest absolute Gasteiger partial charge is 0.469 e. The summed E-state index contributed by atoms with van der Waals surface area (Å²) < 4.78 is 6.68. The third kappa shape index (κ3) is 2.43. The van der Waals surface area contributed by atoms with Gasteiger partial charge < -0.3 is 14.2 Å². The summed E-state index contributed by atoms with van der Waals surface area (Å²) >= 11 is 1.54. The van der Waals surface area contributed by atoms with Gasteiger partial charge in [-0.05, 0) is 0 Å². The van der Waals surface area contributed by atoms with Crippen LogP contribution in [0.25, 0.3) is 0 Å². The number of ether oxygens (including phenoxy) is 1. The second-order valence-electron chi connectivity index (χ2n) is 4.24. The molecule has 0 saturated heterocycles. The van der Waals surface area contributed by atoms with Crippen molar-refractivity contribution in [1.29, 1.82) is 0 Å². The maximum atomic E-state index is 11.2. The Bertz CT molecular complexity index is 593. The molecule has 0 amide bonds. The normalized spacial score (nSPS) is 14.3. The number of aromatic nitrogens is 4. The lowest BCUT2D eigenvalue weighted by Gasteiger charge is -2.26. The van der Waals surface area contributed by atoms with E-state index in [0.29, 0.717) is 6.54 Å². The van der Waals surface area contributed by atoms with Crippen molar-refractivity contribution < 1.29 is 9.53 Å². The molecule has 0 spiro atoms. The molecule has 0 aliphatic carbocycles. The van der Waals surface area contributed by atoms with E-state index in [-0.39, 0.29) is 12.4 Å². The molecule has 0 unspecified atom stereocenters. The molecule has 7 nitrogen and oxygen atoms in total. The smallest absolute Gasteiger partial charge is 0.311 e. The van der Waals surface area contributed by atoms with E-state index in [4.69, 9.17) is 0 Å². The molecule has 3 rings (SSSR count). The molecule has 0 aromatic carbocycles. The molecule has 8 heteroatoms. The summed E-state index contributed by atoms with van der Waals surface area (Å²) in [5, 5.41) is 10.8. The average Bonchev–Trinajstić information content (AvgIpc) is 3.05. The fourth-order valence-electron chi connectivity index (χ4n) is 1.97. The van der Waals surface area contributed by atoms with Crippen molar-refractivity contribution in [2.45, 2.75) is 19.5 Å². The van der Waals surface area contributed by atoms with Crippen LogP contribution in [0.2, 0.25) is 0 Å². The minimum Gasteiger partial charge on any atom is -0.469 e. The van der Waals surface area contributed by atoms with E-state index in [1.54, 1.807) is 6.33 Å². The fraction of sp³-hybridized carbons (Fsp3) is 0.455. The monoisotopic (exact) mass is 279 g/mol. The molecule has 19 heavy (non-hydrogen) atoms. The Morgan fingerprint density at radius 1 is 1.53 bits per heavy atom. The first-order valence-corrected chi connectivity index (χ1v) is 6.77. The van der Waals surface area contributed by atoms with Gasteiger partial charge in [0.05, 0.1) is 25.8 Å². The number of methoxy groups -OCH3 is 1. The average molecular weight is 279 g/mol. The van der Waals surface area contributed by atoms with E-state index in [1.165, 1.54) is 18.4 Å². The number of carbonyl (C=O) groups is 1. The number of hydrogen-bond donors (Lipinski definition) is 0. The Morgan fingerprint density at radius 3 is 3.26 bits per heavy atom. The first-order chi connectivity index (χ1) is 9.26. The number of anilines is 1. The van der Waals surface area contributed by atoms with Crippen LogP contribution in [0.1, 0.15) is 11.5 Å². The topological polar surface area (TPSA) is 73.1 Å². The number of rotatable bonds is 3. The van der Waals surface area contributed by atoms with Crippen molar-refractivity contribution in [2.75, 3.05) is 18.6 Å². The summed E-state index contributed by atoms with van der Waals surface area (Å²) in [5.74, 6) is 0.672. The first kappa shape index (κ1) is 12.1. The first-order valence-electron chi connectivity index (χ1n) is 5.89. The molecule has 2 aromatic rings. The second kappa shape index (κ2) is 4.96. The Labute approximate surface area is 113 Å². The zero-order chi connectivity index (χ0) is 13.2. The van der Waals surface area contributed by atoms with E-state index < -0.39 is 0 Å². The third-order valence-electron chi connectivity index (χ3n) is 3.00. The lowest BCUT2D eigenvalue weighted by molar-refractivity contribution is -0.139. The van der Waals surface area contributed by atoms with Gasteiger partial charge >= 0.3 is 5.97 Å². The van der Waals surface area contributed by atoms with Crippen molar-refractivity contribution in [3.63, 3.8) is 0 Å². The molecule has 0 saturated carbocycles. The van der Waals surface area contributed by atoms with E-state index in [1.807, 2.05) is 9.95 Å². The zero-order valence-electron chi connectivity index (χ0n) is 10.4. The van der Waals surface area contributed by atoms with E-state index >= 15 is 0 Å². The highest BCUT2D eigenvalue weighted by Crippen LogP contribution is 2.24. The predicted octanol–water partition coefficient (Wildman–Crippen LogP) is 0.470. The van der Waals surface area contributed by atoms with Gasteiger partial charge in [0, 0.05) is 18.5 Å². The SMILES string of the molecule is COC(=O)Cc1csc(N2CCn3cnnc3C2)n1. The van der Waals surface area contributed by atoms with Crippen LogP contribution < -0.4 is 4.90 Å². The van der Waals surface area contributed by atoms with Gasteiger partial charge in [0.15, 0.2) is 11.0 Å². The van der Waals surface area contributed by atoms with Crippen LogP contribution in [-0.2, 0) is 29.0 Å². The summed E-state index contributed by atoms with van der Waals surface area (Å²) in [6.45, 7) is 2.43. The van der Waals surface area contributed by atoms with Gasteiger partial charge in [-0.25, -0.2) is 4.98 Å². The van der Waals surface area contributed by atoms with Crippen molar-refractivity contribution in [3.05, 3.63) is 23.2 Å². The highest BCUT2D eigenvalue weighted by molar-refractivity contribution is 7.13. The molecule has 0 N–H and O–H groups in total. The van der Waals surface area contributed by atoms with Gasteiger partial charge in [-0.2, -0.15) is 0 Å². The van der Waals surface area contributed by atoms with Gasteiger partial charge in [-0.3, -0.25) is 4.79 Å². The van der Waals surface area contributed by atoms with Crippen molar-refractivity contribution in [1.82, 2.24) is 19.7 Å². The molecule has 0 atom stereocenters. The lowest BCUT2D eigenvalue weighted by Crippen LogP contribution is -2.33. The quantitative estimate of drug-likeness (QED) is 0.760. The molecular weight excluding hydrogens is 266 g/mol. The van der Waals surface area contributed by atoms with E-state index in [2.05, 4.69) is 24.8 Å². The lowest BCUT2D eigenvalue weighted by atomic mass is 10.3. The van der Waals surface area contributed by atoms with Gasteiger partial charge in [0.2, 0.25) is 0 Å². The van der Waals surface area contributed by atoms with Crippen LogP contribution in [0.3, 0.4) is 0 Å². The van der Waals surface area contributed by atoms with Crippen LogP contribution >= 0.6 is 11.3 Å². The number of fused-ring (bicyclic) bond motifs is 1. The third-order valence-corrected chi connectivity index (χ3v) is 3.95. The highest BCUT2D eigenvalue weighted by atomic mass is 32.1. The van der Waals surface area contributed by atoms with E-state index in [9.17, 15) is 4.79 Å². The molecule has 100 valence electrons. The molecule has 2 aromatic heterocycles. The molecule has 0 bridgehead atoms. The maximum absolute atomic E-state index is 11.2. The number of carbonyl (C=O) groups excluding carboxylic acids is 1. The Morgan fingerprint density at radius 2 is 2.42 bits per heavy atom. The summed E-state index contributed by atoms with van der Waals surface area (Å²) in [4.78, 5) is 17.8. The fourth-order valence-corrected chi connectivity index (χ4v) is 2.82. The van der Waals surface area contributed by atoms with Crippen molar-refractivity contribution in [3.8, 4) is 0 Å². The molecule has 3 heterocycles. The Kier molecular flexibility index (Phi) is 3.16. The van der Waals surface area contributed by atoms with Gasteiger partial charge in [0.1, 0.15) is 6.33 Å². The summed E-state index contributed by atoms with van der Waals surface area (Å²) in [6, 6.07) is 0. The minimum atomic E-state index is -0.268. The second-order valence-corrected chi connectivity index (χ2v) is 5.07. The van der Waals surface area contributed by atoms with Crippen molar-refractivity contribution >= 4 is 22.4 Å². The number of nitrogens with zero attached hydrogens (tertiary/aromatic N) is 5.